The Morgan fingerprint density at radius 3 is 2.56 bits per heavy atom. The molecule has 86 valence electrons. The third-order valence-electron chi connectivity index (χ3n) is 2.18. The van der Waals surface area contributed by atoms with Gasteiger partial charge >= 0.3 is 0 Å². The molecule has 0 bridgehead atoms. The molecule has 1 rings (SSSR count). The molecule has 0 spiro atoms. The van der Waals surface area contributed by atoms with E-state index < -0.39 is 0 Å². The summed E-state index contributed by atoms with van der Waals surface area (Å²) in [5.74, 6) is 0.0000954. The molecule has 0 radical (unpaired) electrons. The molecule has 16 heavy (non-hydrogen) atoms. The van der Waals surface area contributed by atoms with Gasteiger partial charge in [0.2, 0.25) is 5.91 Å². The summed E-state index contributed by atoms with van der Waals surface area (Å²) in [6.07, 6.45) is 0.951. The van der Waals surface area contributed by atoms with Gasteiger partial charge in [0, 0.05) is 13.0 Å². The molecule has 0 saturated heterocycles. The molecular weight excluding hydrogens is 220 g/mol. The van der Waals surface area contributed by atoms with Gasteiger partial charge in [-0.25, -0.2) is 0 Å². The van der Waals surface area contributed by atoms with E-state index in [1.807, 2.05) is 31.2 Å². The quantitative estimate of drug-likeness (QED) is 0.758. The number of amides is 1. The molecule has 1 amide bonds. The van der Waals surface area contributed by atoms with Crippen LogP contribution in [-0.2, 0) is 11.2 Å². The number of rotatable bonds is 5. The van der Waals surface area contributed by atoms with Gasteiger partial charge in [0.15, 0.2) is 0 Å². The summed E-state index contributed by atoms with van der Waals surface area (Å²) >= 11 is 4.72. The molecule has 0 saturated carbocycles. The van der Waals surface area contributed by atoms with Gasteiger partial charge in [-0.3, -0.25) is 4.79 Å². The summed E-state index contributed by atoms with van der Waals surface area (Å²) in [5, 5.41) is 2.77. The molecule has 3 N–H and O–H groups in total. The number of hydrogen-bond donors (Lipinski definition) is 2. The average molecular weight is 236 g/mol. The Kier molecular flexibility index (Phi) is 4.92. The lowest BCUT2D eigenvalue weighted by molar-refractivity contribution is -0.120. The highest BCUT2D eigenvalue weighted by Gasteiger charge is 2.02. The van der Waals surface area contributed by atoms with Gasteiger partial charge in [0.1, 0.15) is 0 Å². The maximum atomic E-state index is 11.5. The predicted octanol–water partition coefficient (Wildman–Crippen LogP) is 1.33. The third kappa shape index (κ3) is 4.89. The standard InChI is InChI=1S/C12H16N2OS/c1-9-2-4-10(5-3-9)8-12(15)14-7-6-11(13)16/h2-5H,6-8H2,1H3,(H2,13,16)(H,14,15). The van der Waals surface area contributed by atoms with Crippen molar-refractivity contribution >= 4 is 23.1 Å². The van der Waals surface area contributed by atoms with Gasteiger partial charge in [-0.05, 0) is 12.5 Å². The van der Waals surface area contributed by atoms with Gasteiger partial charge < -0.3 is 11.1 Å². The summed E-state index contributed by atoms with van der Waals surface area (Å²) in [7, 11) is 0. The van der Waals surface area contributed by atoms with Gasteiger partial charge in [0.25, 0.3) is 0 Å². The van der Waals surface area contributed by atoms with E-state index in [-0.39, 0.29) is 5.91 Å². The lowest BCUT2D eigenvalue weighted by Gasteiger charge is -2.04. The Labute approximate surface area is 101 Å². The predicted molar refractivity (Wildman–Crippen MR) is 69.3 cm³/mol. The van der Waals surface area contributed by atoms with E-state index in [9.17, 15) is 4.79 Å². The van der Waals surface area contributed by atoms with Crippen LogP contribution in [0.15, 0.2) is 24.3 Å². The molecule has 3 nitrogen and oxygen atoms in total. The van der Waals surface area contributed by atoms with Crippen LogP contribution in [0.5, 0.6) is 0 Å². The van der Waals surface area contributed by atoms with E-state index in [0.29, 0.717) is 24.4 Å². The van der Waals surface area contributed by atoms with E-state index in [0.717, 1.165) is 5.56 Å². The van der Waals surface area contributed by atoms with E-state index in [4.69, 9.17) is 18.0 Å². The fourth-order valence-corrected chi connectivity index (χ4v) is 1.38. The van der Waals surface area contributed by atoms with Crippen molar-refractivity contribution in [2.45, 2.75) is 19.8 Å². The van der Waals surface area contributed by atoms with Gasteiger partial charge in [-0.1, -0.05) is 42.0 Å². The van der Waals surface area contributed by atoms with E-state index in [1.54, 1.807) is 0 Å². The van der Waals surface area contributed by atoms with E-state index in [1.165, 1.54) is 5.56 Å². The molecule has 0 fully saturated rings. The largest absolute Gasteiger partial charge is 0.393 e. The third-order valence-corrected chi connectivity index (χ3v) is 2.38. The van der Waals surface area contributed by atoms with Crippen molar-refractivity contribution in [2.24, 2.45) is 5.73 Å². The highest BCUT2D eigenvalue weighted by molar-refractivity contribution is 7.80. The summed E-state index contributed by atoms with van der Waals surface area (Å²) in [4.78, 5) is 11.9. The van der Waals surface area contributed by atoms with Crippen LogP contribution in [0.3, 0.4) is 0 Å². The maximum absolute atomic E-state index is 11.5. The van der Waals surface area contributed by atoms with Crippen LogP contribution in [0.2, 0.25) is 0 Å². The lowest BCUT2D eigenvalue weighted by Crippen LogP contribution is -2.28. The minimum Gasteiger partial charge on any atom is -0.393 e. The molecular formula is C12H16N2OS. The van der Waals surface area contributed by atoms with Crippen molar-refractivity contribution in [3.63, 3.8) is 0 Å². The minimum absolute atomic E-state index is 0.0000954. The Balaban J connectivity index is 2.34. The number of carbonyl (C=O) groups is 1. The summed E-state index contributed by atoms with van der Waals surface area (Å²) in [5.41, 5.74) is 7.53. The van der Waals surface area contributed by atoms with Crippen molar-refractivity contribution in [3.8, 4) is 0 Å². The molecule has 1 aromatic carbocycles. The molecule has 1 aromatic rings. The topological polar surface area (TPSA) is 55.1 Å². The second-order valence-electron chi connectivity index (χ2n) is 3.73. The summed E-state index contributed by atoms with van der Waals surface area (Å²) < 4.78 is 0. The van der Waals surface area contributed by atoms with Gasteiger partial charge in [-0.15, -0.1) is 0 Å². The Bertz CT molecular complexity index is 373. The molecule has 0 atom stereocenters. The number of hydrogen-bond acceptors (Lipinski definition) is 2. The van der Waals surface area contributed by atoms with Crippen LogP contribution in [0.4, 0.5) is 0 Å². The zero-order valence-corrected chi connectivity index (χ0v) is 10.1. The highest BCUT2D eigenvalue weighted by Crippen LogP contribution is 2.03. The molecule has 0 aromatic heterocycles. The molecule has 0 aliphatic rings. The Morgan fingerprint density at radius 1 is 1.38 bits per heavy atom. The average Bonchev–Trinajstić information content (AvgIpc) is 2.21. The number of nitrogens with two attached hydrogens (primary N) is 1. The maximum Gasteiger partial charge on any atom is 0.224 e. The van der Waals surface area contributed by atoms with Gasteiger partial charge in [-0.2, -0.15) is 0 Å². The van der Waals surface area contributed by atoms with Crippen molar-refractivity contribution in [2.75, 3.05) is 6.54 Å². The molecule has 0 unspecified atom stereocenters. The first-order valence-corrected chi connectivity index (χ1v) is 5.59. The molecule has 0 heterocycles. The van der Waals surface area contributed by atoms with Crippen molar-refractivity contribution in [1.29, 1.82) is 0 Å². The summed E-state index contributed by atoms with van der Waals surface area (Å²) in [6.45, 7) is 2.53. The first-order valence-electron chi connectivity index (χ1n) is 5.18. The van der Waals surface area contributed by atoms with Crippen molar-refractivity contribution in [3.05, 3.63) is 35.4 Å². The minimum atomic E-state index is 0.0000954. The zero-order chi connectivity index (χ0) is 12.0. The first-order chi connectivity index (χ1) is 7.58. The molecule has 0 aliphatic heterocycles. The number of carbonyl (C=O) groups excluding carboxylic acids is 1. The highest BCUT2D eigenvalue weighted by atomic mass is 32.1. The van der Waals surface area contributed by atoms with Crippen LogP contribution in [0.25, 0.3) is 0 Å². The zero-order valence-electron chi connectivity index (χ0n) is 9.32. The number of aryl methyl sites for hydroxylation is 1. The summed E-state index contributed by atoms with van der Waals surface area (Å²) in [6, 6.07) is 7.92. The number of nitrogens with one attached hydrogen (secondary N) is 1. The van der Waals surface area contributed by atoms with Crippen LogP contribution < -0.4 is 11.1 Å². The lowest BCUT2D eigenvalue weighted by atomic mass is 10.1. The van der Waals surface area contributed by atoms with Crippen LogP contribution in [-0.4, -0.2) is 17.4 Å². The van der Waals surface area contributed by atoms with Gasteiger partial charge in [0.05, 0.1) is 11.4 Å². The smallest absolute Gasteiger partial charge is 0.224 e. The van der Waals surface area contributed by atoms with Crippen molar-refractivity contribution in [1.82, 2.24) is 5.32 Å². The van der Waals surface area contributed by atoms with Crippen LogP contribution >= 0.6 is 12.2 Å². The Hall–Kier alpha value is -1.42. The first kappa shape index (κ1) is 12.6. The normalized spacial score (nSPS) is 9.81. The van der Waals surface area contributed by atoms with Crippen LogP contribution in [0, 0.1) is 6.92 Å². The second kappa shape index (κ2) is 6.23. The SMILES string of the molecule is Cc1ccc(CC(=O)NCCC(N)=S)cc1. The number of benzene rings is 1. The fourth-order valence-electron chi connectivity index (χ4n) is 1.28. The van der Waals surface area contributed by atoms with Crippen LogP contribution in [0.1, 0.15) is 17.5 Å². The monoisotopic (exact) mass is 236 g/mol. The molecule has 0 aliphatic carbocycles. The van der Waals surface area contributed by atoms with Crippen molar-refractivity contribution < 1.29 is 4.79 Å². The van der Waals surface area contributed by atoms with E-state index in [2.05, 4.69) is 5.32 Å². The fraction of sp³-hybridized carbons (Fsp3) is 0.333. The Morgan fingerprint density at radius 2 is 2.00 bits per heavy atom. The second-order valence-corrected chi connectivity index (χ2v) is 4.25. The molecule has 4 heteroatoms. The number of thiocarbonyl (C=S) groups is 1. The van der Waals surface area contributed by atoms with E-state index >= 15 is 0 Å².